The lowest BCUT2D eigenvalue weighted by Crippen LogP contribution is -2.18. The van der Waals surface area contributed by atoms with Crippen LogP contribution in [0.25, 0.3) is 0 Å². The maximum Gasteiger partial charge on any atom is 0.150 e. The van der Waals surface area contributed by atoms with Crippen molar-refractivity contribution in [2.24, 2.45) is 24.6 Å². The SMILES string of the molecule is Cc1nnc(C(N)C2CC2C)n1C. The van der Waals surface area contributed by atoms with Gasteiger partial charge in [0.05, 0.1) is 6.04 Å². The molecule has 0 aliphatic heterocycles. The number of nitrogens with two attached hydrogens (primary N) is 1. The van der Waals surface area contributed by atoms with E-state index >= 15 is 0 Å². The van der Waals surface area contributed by atoms with Crippen molar-refractivity contribution in [2.75, 3.05) is 0 Å². The summed E-state index contributed by atoms with van der Waals surface area (Å²) in [6, 6.07) is 0.0706. The molecule has 2 N–H and O–H groups in total. The van der Waals surface area contributed by atoms with E-state index < -0.39 is 0 Å². The van der Waals surface area contributed by atoms with Crippen LogP contribution in [0.3, 0.4) is 0 Å². The molecule has 1 heterocycles. The Morgan fingerprint density at radius 3 is 2.54 bits per heavy atom. The lowest BCUT2D eigenvalue weighted by atomic mass is 10.1. The Labute approximate surface area is 78.1 Å². The zero-order chi connectivity index (χ0) is 9.59. The lowest BCUT2D eigenvalue weighted by Gasteiger charge is -2.09. The number of aromatic nitrogens is 3. The molecule has 0 bridgehead atoms. The van der Waals surface area contributed by atoms with E-state index in [4.69, 9.17) is 5.73 Å². The molecule has 3 atom stereocenters. The fourth-order valence-corrected chi connectivity index (χ4v) is 1.76. The monoisotopic (exact) mass is 180 g/mol. The highest BCUT2D eigenvalue weighted by Crippen LogP contribution is 2.45. The molecule has 0 radical (unpaired) electrons. The first kappa shape index (κ1) is 8.69. The van der Waals surface area contributed by atoms with Gasteiger partial charge in [-0.1, -0.05) is 6.92 Å². The summed E-state index contributed by atoms with van der Waals surface area (Å²) in [4.78, 5) is 0. The first-order valence-electron chi connectivity index (χ1n) is 4.72. The van der Waals surface area contributed by atoms with Crippen molar-refractivity contribution < 1.29 is 0 Å². The molecule has 0 aromatic carbocycles. The molecule has 1 fully saturated rings. The van der Waals surface area contributed by atoms with Gasteiger partial charge < -0.3 is 10.3 Å². The highest BCUT2D eigenvalue weighted by Gasteiger charge is 2.40. The zero-order valence-electron chi connectivity index (χ0n) is 8.36. The highest BCUT2D eigenvalue weighted by atomic mass is 15.3. The molecule has 4 nitrogen and oxygen atoms in total. The minimum Gasteiger partial charge on any atom is -0.321 e. The van der Waals surface area contributed by atoms with Crippen LogP contribution in [0.15, 0.2) is 0 Å². The van der Waals surface area contributed by atoms with Crippen molar-refractivity contribution in [1.29, 1.82) is 0 Å². The topological polar surface area (TPSA) is 56.7 Å². The Kier molecular flexibility index (Phi) is 1.87. The second-order valence-electron chi connectivity index (χ2n) is 4.07. The molecule has 1 aromatic heterocycles. The second-order valence-corrected chi connectivity index (χ2v) is 4.07. The Morgan fingerprint density at radius 1 is 1.54 bits per heavy atom. The second kappa shape index (κ2) is 2.80. The first-order valence-corrected chi connectivity index (χ1v) is 4.72. The average molecular weight is 180 g/mol. The molecule has 72 valence electrons. The van der Waals surface area contributed by atoms with Crippen molar-refractivity contribution in [3.05, 3.63) is 11.6 Å². The van der Waals surface area contributed by atoms with Gasteiger partial charge in [0.2, 0.25) is 0 Å². The van der Waals surface area contributed by atoms with Gasteiger partial charge in [0.1, 0.15) is 11.6 Å². The first-order chi connectivity index (χ1) is 6.11. The van der Waals surface area contributed by atoms with Crippen LogP contribution in [0.5, 0.6) is 0 Å². The van der Waals surface area contributed by atoms with Gasteiger partial charge in [0.25, 0.3) is 0 Å². The summed E-state index contributed by atoms with van der Waals surface area (Å²) in [5.41, 5.74) is 6.08. The molecule has 1 aliphatic rings. The van der Waals surface area contributed by atoms with E-state index in [2.05, 4.69) is 17.1 Å². The molecule has 0 amide bonds. The van der Waals surface area contributed by atoms with Gasteiger partial charge in [0, 0.05) is 7.05 Å². The van der Waals surface area contributed by atoms with Crippen molar-refractivity contribution in [3.63, 3.8) is 0 Å². The predicted octanol–water partition coefficient (Wildman–Crippen LogP) is 0.779. The third-order valence-electron chi connectivity index (χ3n) is 3.06. The summed E-state index contributed by atoms with van der Waals surface area (Å²) in [5.74, 6) is 3.22. The fourth-order valence-electron chi connectivity index (χ4n) is 1.76. The Hall–Kier alpha value is -0.900. The van der Waals surface area contributed by atoms with Gasteiger partial charge in [-0.05, 0) is 25.2 Å². The van der Waals surface area contributed by atoms with Gasteiger partial charge in [-0.3, -0.25) is 0 Å². The van der Waals surface area contributed by atoms with E-state index in [1.807, 2.05) is 18.5 Å². The largest absolute Gasteiger partial charge is 0.321 e. The maximum absolute atomic E-state index is 6.08. The van der Waals surface area contributed by atoms with Crippen molar-refractivity contribution in [1.82, 2.24) is 14.8 Å². The van der Waals surface area contributed by atoms with E-state index in [9.17, 15) is 0 Å². The van der Waals surface area contributed by atoms with Crippen LogP contribution in [-0.4, -0.2) is 14.8 Å². The van der Waals surface area contributed by atoms with Gasteiger partial charge >= 0.3 is 0 Å². The van der Waals surface area contributed by atoms with Gasteiger partial charge in [-0.25, -0.2) is 0 Å². The Morgan fingerprint density at radius 2 is 2.15 bits per heavy atom. The van der Waals surface area contributed by atoms with Gasteiger partial charge in [0.15, 0.2) is 0 Å². The number of aryl methyl sites for hydroxylation is 1. The summed E-state index contributed by atoms with van der Waals surface area (Å²) in [5, 5.41) is 8.10. The number of rotatable bonds is 2. The molecular formula is C9H16N4. The molecule has 4 heteroatoms. The van der Waals surface area contributed by atoms with E-state index in [0.29, 0.717) is 5.92 Å². The minimum atomic E-state index is 0.0706. The van der Waals surface area contributed by atoms with Gasteiger partial charge in [-0.2, -0.15) is 0 Å². The number of hydrogen-bond donors (Lipinski definition) is 1. The molecular weight excluding hydrogens is 164 g/mol. The Bertz CT molecular complexity index is 317. The third-order valence-corrected chi connectivity index (χ3v) is 3.06. The van der Waals surface area contributed by atoms with Crippen LogP contribution in [-0.2, 0) is 7.05 Å². The fraction of sp³-hybridized carbons (Fsp3) is 0.778. The molecule has 1 aromatic rings. The maximum atomic E-state index is 6.08. The molecule has 13 heavy (non-hydrogen) atoms. The van der Waals surface area contributed by atoms with Crippen molar-refractivity contribution >= 4 is 0 Å². The van der Waals surface area contributed by atoms with Crippen LogP contribution in [0.4, 0.5) is 0 Å². The molecule has 1 saturated carbocycles. The summed E-state index contributed by atoms with van der Waals surface area (Å²) in [7, 11) is 1.97. The van der Waals surface area contributed by atoms with E-state index in [1.165, 1.54) is 6.42 Å². The summed E-state index contributed by atoms with van der Waals surface area (Å²) >= 11 is 0. The van der Waals surface area contributed by atoms with Crippen LogP contribution in [0, 0.1) is 18.8 Å². The van der Waals surface area contributed by atoms with Crippen LogP contribution in [0.1, 0.15) is 31.0 Å². The van der Waals surface area contributed by atoms with Gasteiger partial charge in [-0.15, -0.1) is 10.2 Å². The Balaban J connectivity index is 2.20. The minimum absolute atomic E-state index is 0.0706. The zero-order valence-corrected chi connectivity index (χ0v) is 8.36. The number of hydrogen-bond acceptors (Lipinski definition) is 3. The van der Waals surface area contributed by atoms with E-state index in [0.717, 1.165) is 17.6 Å². The lowest BCUT2D eigenvalue weighted by molar-refractivity contribution is 0.539. The molecule has 0 saturated heterocycles. The van der Waals surface area contributed by atoms with E-state index in [-0.39, 0.29) is 6.04 Å². The molecule has 0 spiro atoms. The van der Waals surface area contributed by atoms with Crippen LogP contribution < -0.4 is 5.73 Å². The highest BCUT2D eigenvalue weighted by molar-refractivity contribution is 5.05. The number of nitrogens with zero attached hydrogens (tertiary/aromatic N) is 3. The third kappa shape index (κ3) is 1.35. The predicted molar refractivity (Wildman–Crippen MR) is 49.9 cm³/mol. The standard InChI is InChI=1S/C9H16N4/c1-5-4-7(5)8(10)9-12-11-6(2)13(9)3/h5,7-8H,4,10H2,1-3H3. The molecule has 3 unspecified atom stereocenters. The summed E-state index contributed by atoms with van der Waals surface area (Å²) < 4.78 is 1.98. The van der Waals surface area contributed by atoms with Crippen molar-refractivity contribution in [3.8, 4) is 0 Å². The molecule has 1 aliphatic carbocycles. The normalized spacial score (nSPS) is 28.9. The average Bonchev–Trinajstić information content (AvgIpc) is 2.73. The van der Waals surface area contributed by atoms with Crippen LogP contribution >= 0.6 is 0 Å². The summed E-state index contributed by atoms with van der Waals surface area (Å²) in [6.07, 6.45) is 1.23. The quantitative estimate of drug-likeness (QED) is 0.731. The summed E-state index contributed by atoms with van der Waals surface area (Å²) in [6.45, 7) is 4.17. The van der Waals surface area contributed by atoms with E-state index in [1.54, 1.807) is 0 Å². The van der Waals surface area contributed by atoms with Crippen LogP contribution in [0.2, 0.25) is 0 Å². The smallest absolute Gasteiger partial charge is 0.150 e. The molecule has 2 rings (SSSR count). The van der Waals surface area contributed by atoms with Crippen molar-refractivity contribution in [2.45, 2.75) is 26.3 Å².